The zero-order valence-electron chi connectivity index (χ0n) is 17.8. The Morgan fingerprint density at radius 2 is 2.27 bits per heavy atom. The van der Waals surface area contributed by atoms with E-state index in [9.17, 15) is 18.7 Å². The summed E-state index contributed by atoms with van der Waals surface area (Å²) >= 11 is 7.71. The van der Waals surface area contributed by atoms with Gasteiger partial charge in [0.25, 0.3) is 0 Å². The van der Waals surface area contributed by atoms with Gasteiger partial charge in [0.1, 0.15) is 18.0 Å². The third kappa shape index (κ3) is 5.24. The number of carbonyl (C=O) groups is 1. The largest absolute Gasteiger partial charge is 0.463 e. The highest BCUT2D eigenvalue weighted by atomic mass is 35.5. The minimum Gasteiger partial charge on any atom is -0.463 e. The van der Waals surface area contributed by atoms with Gasteiger partial charge in [-0.2, -0.15) is 0 Å². The summed E-state index contributed by atoms with van der Waals surface area (Å²) in [5.41, 5.74) is 1.13. The number of carbonyl (C=O) groups excluding carboxylic acids is 1. The van der Waals surface area contributed by atoms with Gasteiger partial charge in [0.15, 0.2) is 10.8 Å². The molecule has 1 saturated heterocycles. The molecule has 0 spiro atoms. The molecule has 1 aromatic carbocycles. The van der Waals surface area contributed by atoms with E-state index in [0.29, 0.717) is 28.6 Å². The molecule has 2 unspecified atom stereocenters. The first-order valence-corrected chi connectivity index (χ1v) is 11.8. The number of nitrogens with zero attached hydrogens (tertiary/aromatic N) is 3. The minimum absolute atomic E-state index is 0.0220. The van der Waals surface area contributed by atoms with Crippen molar-refractivity contribution >= 4 is 34.7 Å². The van der Waals surface area contributed by atoms with Crippen molar-refractivity contribution in [3.05, 3.63) is 62.5 Å². The topological polar surface area (TPSA) is 87.0 Å². The fourth-order valence-corrected chi connectivity index (χ4v) is 4.75. The van der Waals surface area contributed by atoms with Crippen LogP contribution in [0.2, 0.25) is 5.02 Å². The predicted molar refractivity (Wildman–Crippen MR) is 122 cm³/mol. The van der Waals surface area contributed by atoms with Crippen molar-refractivity contribution in [3.8, 4) is 0 Å². The third-order valence-electron chi connectivity index (χ3n) is 5.49. The Bertz CT molecular complexity index is 1080. The number of halogens is 3. The Kier molecular flexibility index (Phi) is 7.38. The van der Waals surface area contributed by atoms with Crippen molar-refractivity contribution in [2.24, 2.45) is 4.99 Å². The molecule has 0 bridgehead atoms. The predicted octanol–water partition coefficient (Wildman–Crippen LogP) is 3.25. The number of nitrogens with one attached hydrogen (secondary N) is 1. The van der Waals surface area contributed by atoms with Gasteiger partial charge in [-0.05, 0) is 25.5 Å². The molecule has 3 heterocycles. The molecule has 1 fully saturated rings. The van der Waals surface area contributed by atoms with Crippen molar-refractivity contribution in [1.82, 2.24) is 15.2 Å². The first-order valence-electron chi connectivity index (χ1n) is 10.5. The second kappa shape index (κ2) is 10.3. The molecule has 2 aromatic rings. The van der Waals surface area contributed by atoms with Crippen molar-refractivity contribution in [2.45, 2.75) is 31.7 Å². The average Bonchev–Trinajstić information content (AvgIpc) is 3.31. The van der Waals surface area contributed by atoms with Crippen LogP contribution < -0.4 is 5.32 Å². The molecule has 4 rings (SSSR count). The fourth-order valence-electron chi connectivity index (χ4n) is 3.89. The molecule has 2 N–H and O–H groups in total. The molecule has 0 aliphatic carbocycles. The highest BCUT2D eigenvalue weighted by Gasteiger charge is 2.36. The van der Waals surface area contributed by atoms with Crippen LogP contribution in [0.25, 0.3) is 0 Å². The van der Waals surface area contributed by atoms with E-state index in [2.05, 4.69) is 10.3 Å². The lowest BCUT2D eigenvalue weighted by molar-refractivity contribution is -0.139. The van der Waals surface area contributed by atoms with Crippen LogP contribution in [0.15, 0.2) is 46.0 Å². The van der Waals surface area contributed by atoms with Crippen molar-refractivity contribution in [2.75, 3.05) is 26.2 Å². The van der Waals surface area contributed by atoms with E-state index >= 15 is 0 Å². The monoisotopic (exact) mass is 496 g/mol. The van der Waals surface area contributed by atoms with Gasteiger partial charge in [-0.15, -0.1) is 11.3 Å². The first-order chi connectivity index (χ1) is 15.9. The number of hydrogen-bond donors (Lipinski definition) is 2. The summed E-state index contributed by atoms with van der Waals surface area (Å²) in [5, 5.41) is 15.4. The maximum atomic E-state index is 14.2. The summed E-state index contributed by atoms with van der Waals surface area (Å²) in [6.07, 6.45) is -0.474. The molecular weight excluding hydrogens is 474 g/mol. The quantitative estimate of drug-likeness (QED) is 0.597. The number of aliphatic hydroxyl groups is 1. The standard InChI is InChI=1S/C22H23ClF2N4O3S/c1-2-32-22(31)18-16(11-29-7-5-17(30)15(25)10-29)27-20(21-26-6-8-33-21)28-19(18)13-4-3-12(24)9-14(13)23/h3-4,6,8-9,15,17,19,30H,2,5,7,10-11H2,1H3,(H,27,28)/t15?,17?,19-/m0/s1. The van der Waals surface area contributed by atoms with E-state index < -0.39 is 30.1 Å². The molecular formula is C22H23ClF2N4O3S. The molecule has 0 radical (unpaired) electrons. The van der Waals surface area contributed by atoms with E-state index in [4.69, 9.17) is 21.3 Å². The number of alkyl halides is 1. The van der Waals surface area contributed by atoms with Crippen LogP contribution in [0.3, 0.4) is 0 Å². The van der Waals surface area contributed by atoms with Crippen LogP contribution >= 0.6 is 22.9 Å². The van der Waals surface area contributed by atoms with Gasteiger partial charge in [-0.25, -0.2) is 18.6 Å². The first kappa shape index (κ1) is 23.7. The Balaban J connectivity index is 1.79. The van der Waals surface area contributed by atoms with Gasteiger partial charge >= 0.3 is 5.97 Å². The smallest absolute Gasteiger partial charge is 0.338 e. The summed E-state index contributed by atoms with van der Waals surface area (Å²) in [4.78, 5) is 23.9. The van der Waals surface area contributed by atoms with Gasteiger partial charge in [0, 0.05) is 47.5 Å². The lowest BCUT2D eigenvalue weighted by Gasteiger charge is -2.35. The number of piperidine rings is 1. The Morgan fingerprint density at radius 3 is 2.94 bits per heavy atom. The summed E-state index contributed by atoms with van der Waals surface area (Å²) in [6.45, 7) is 2.51. The second-order valence-electron chi connectivity index (χ2n) is 7.73. The number of ether oxygens (including phenoxy) is 1. The number of thiazole rings is 1. The molecule has 0 amide bonds. The van der Waals surface area contributed by atoms with Crippen LogP contribution in [-0.2, 0) is 9.53 Å². The molecule has 0 saturated carbocycles. The Labute approximate surface area is 198 Å². The highest BCUT2D eigenvalue weighted by molar-refractivity contribution is 7.11. The zero-order valence-corrected chi connectivity index (χ0v) is 19.4. The molecule has 7 nitrogen and oxygen atoms in total. The number of aliphatic imine (C=N–C) groups is 1. The fraction of sp³-hybridized carbons (Fsp3) is 0.409. The molecule has 176 valence electrons. The SMILES string of the molecule is CCOC(=O)C1=C(CN2CCC(O)C(F)C2)NC(c2nccs2)=N[C@H]1c1ccc(F)cc1Cl. The van der Waals surface area contributed by atoms with Crippen molar-refractivity contribution in [3.63, 3.8) is 0 Å². The minimum atomic E-state index is -1.39. The third-order valence-corrected chi connectivity index (χ3v) is 6.59. The van der Waals surface area contributed by atoms with Crippen molar-refractivity contribution in [1.29, 1.82) is 0 Å². The normalized spacial score (nSPS) is 23.8. The molecule has 1 aromatic heterocycles. The molecule has 3 atom stereocenters. The van der Waals surface area contributed by atoms with Crippen LogP contribution in [0.4, 0.5) is 8.78 Å². The van der Waals surface area contributed by atoms with Crippen LogP contribution in [0, 0.1) is 5.82 Å². The van der Waals surface area contributed by atoms with E-state index in [1.807, 2.05) is 4.90 Å². The Hall–Kier alpha value is -2.40. The van der Waals surface area contributed by atoms with Gasteiger partial charge in [-0.3, -0.25) is 9.89 Å². The lowest BCUT2D eigenvalue weighted by Crippen LogP contribution is -2.47. The Morgan fingerprint density at radius 1 is 1.45 bits per heavy atom. The van der Waals surface area contributed by atoms with E-state index in [1.165, 1.54) is 29.5 Å². The number of amidine groups is 1. The highest BCUT2D eigenvalue weighted by Crippen LogP contribution is 2.37. The number of esters is 1. The summed E-state index contributed by atoms with van der Waals surface area (Å²) < 4.78 is 33.2. The maximum absolute atomic E-state index is 14.2. The molecule has 2 aliphatic rings. The molecule has 2 aliphatic heterocycles. The van der Waals surface area contributed by atoms with Gasteiger partial charge in [0.05, 0.1) is 18.3 Å². The second-order valence-corrected chi connectivity index (χ2v) is 9.03. The lowest BCUT2D eigenvalue weighted by atomic mass is 9.94. The summed E-state index contributed by atoms with van der Waals surface area (Å²) in [5.74, 6) is -0.682. The van der Waals surface area contributed by atoms with E-state index in [1.54, 1.807) is 18.5 Å². The van der Waals surface area contributed by atoms with E-state index in [0.717, 1.165) is 0 Å². The number of benzene rings is 1. The van der Waals surface area contributed by atoms with Crippen LogP contribution in [0.5, 0.6) is 0 Å². The molecule has 11 heteroatoms. The van der Waals surface area contributed by atoms with Crippen molar-refractivity contribution < 1.29 is 23.4 Å². The van der Waals surface area contributed by atoms with E-state index in [-0.39, 0.29) is 36.7 Å². The maximum Gasteiger partial charge on any atom is 0.338 e. The number of likely N-dealkylation sites (tertiary alicyclic amines) is 1. The average molecular weight is 497 g/mol. The van der Waals surface area contributed by atoms with Crippen LogP contribution in [0.1, 0.15) is 30.0 Å². The number of aromatic nitrogens is 1. The van der Waals surface area contributed by atoms with Gasteiger partial charge < -0.3 is 15.2 Å². The number of hydrogen-bond acceptors (Lipinski definition) is 8. The number of rotatable bonds is 6. The zero-order chi connectivity index (χ0) is 23.5. The van der Waals surface area contributed by atoms with Crippen LogP contribution in [-0.4, -0.2) is 65.3 Å². The van der Waals surface area contributed by atoms with Gasteiger partial charge in [0.2, 0.25) is 0 Å². The summed E-state index contributed by atoms with van der Waals surface area (Å²) in [6, 6.07) is 3.04. The number of aliphatic hydroxyl groups excluding tert-OH is 1. The molecule has 33 heavy (non-hydrogen) atoms. The van der Waals surface area contributed by atoms with Gasteiger partial charge in [-0.1, -0.05) is 17.7 Å². The summed E-state index contributed by atoms with van der Waals surface area (Å²) in [7, 11) is 0.